The van der Waals surface area contributed by atoms with E-state index < -0.39 is 0 Å². The Bertz CT molecular complexity index is 504. The Morgan fingerprint density at radius 1 is 1.38 bits per heavy atom. The van der Waals surface area contributed by atoms with Gasteiger partial charge in [-0.25, -0.2) is 0 Å². The third kappa shape index (κ3) is 4.63. The summed E-state index contributed by atoms with van der Waals surface area (Å²) < 4.78 is 1.02. The first kappa shape index (κ1) is 17.2. The number of piperazine rings is 1. The summed E-state index contributed by atoms with van der Waals surface area (Å²) in [6.07, 6.45) is 0.980. The standard InChI is InChI=1S/C15H21BrClN3S/c1-2-14(15(18)21)20-7-5-19(6-8-20)10-11-3-4-12(16)9-13(11)17/h3-4,9,14H,2,5-8,10H2,1H3,(H2,18,21). The third-order valence-corrected chi connectivity index (χ3v) is 5.09. The minimum Gasteiger partial charge on any atom is -0.392 e. The van der Waals surface area contributed by atoms with E-state index in [1.165, 1.54) is 5.56 Å². The van der Waals surface area contributed by atoms with Crippen LogP contribution in [0.2, 0.25) is 5.02 Å². The highest BCUT2D eigenvalue weighted by atomic mass is 79.9. The number of nitrogens with two attached hydrogens (primary N) is 1. The van der Waals surface area contributed by atoms with Gasteiger partial charge in [0.1, 0.15) is 0 Å². The van der Waals surface area contributed by atoms with Crippen molar-refractivity contribution >= 4 is 44.7 Å². The molecule has 1 heterocycles. The van der Waals surface area contributed by atoms with Crippen LogP contribution in [0.15, 0.2) is 22.7 Å². The molecule has 1 aliphatic rings. The summed E-state index contributed by atoms with van der Waals surface area (Å²) in [7, 11) is 0. The van der Waals surface area contributed by atoms with E-state index in [0.717, 1.165) is 48.6 Å². The number of thiocarbonyl (C=S) groups is 1. The lowest BCUT2D eigenvalue weighted by atomic mass is 10.1. The molecule has 0 aliphatic carbocycles. The molecule has 1 atom stereocenters. The first-order valence-electron chi connectivity index (χ1n) is 7.21. The van der Waals surface area contributed by atoms with E-state index in [1.807, 2.05) is 12.1 Å². The van der Waals surface area contributed by atoms with Crippen molar-refractivity contribution in [1.82, 2.24) is 9.80 Å². The number of nitrogens with zero attached hydrogens (tertiary/aromatic N) is 2. The summed E-state index contributed by atoms with van der Waals surface area (Å²) in [6, 6.07) is 6.31. The number of hydrogen-bond acceptors (Lipinski definition) is 3. The van der Waals surface area contributed by atoms with Crippen LogP contribution >= 0.6 is 39.7 Å². The van der Waals surface area contributed by atoms with Crippen LogP contribution in [0.1, 0.15) is 18.9 Å². The predicted molar refractivity (Wildman–Crippen MR) is 96.9 cm³/mol. The second-order valence-electron chi connectivity index (χ2n) is 5.37. The predicted octanol–water partition coefficient (Wildman–Crippen LogP) is 3.28. The van der Waals surface area contributed by atoms with E-state index in [0.29, 0.717) is 4.99 Å². The second kappa shape index (κ2) is 7.88. The van der Waals surface area contributed by atoms with E-state index >= 15 is 0 Å². The summed E-state index contributed by atoms with van der Waals surface area (Å²) >= 11 is 14.9. The van der Waals surface area contributed by atoms with Crippen LogP contribution in [0.3, 0.4) is 0 Å². The monoisotopic (exact) mass is 389 g/mol. The second-order valence-corrected chi connectivity index (χ2v) is 7.17. The molecule has 1 aliphatic heterocycles. The molecule has 116 valence electrons. The van der Waals surface area contributed by atoms with Crippen molar-refractivity contribution in [3.05, 3.63) is 33.3 Å². The minimum atomic E-state index is 0.235. The Balaban J connectivity index is 1.91. The van der Waals surface area contributed by atoms with Gasteiger partial charge in [0.25, 0.3) is 0 Å². The number of rotatable bonds is 5. The number of hydrogen-bond donors (Lipinski definition) is 1. The molecule has 2 rings (SSSR count). The zero-order valence-electron chi connectivity index (χ0n) is 12.2. The minimum absolute atomic E-state index is 0.235. The average molecular weight is 391 g/mol. The summed E-state index contributed by atoms with van der Waals surface area (Å²) in [5, 5.41) is 0.821. The quantitative estimate of drug-likeness (QED) is 0.782. The van der Waals surface area contributed by atoms with E-state index in [2.05, 4.69) is 38.7 Å². The first-order valence-corrected chi connectivity index (χ1v) is 8.78. The zero-order chi connectivity index (χ0) is 15.4. The molecule has 21 heavy (non-hydrogen) atoms. The highest BCUT2D eigenvalue weighted by Gasteiger charge is 2.24. The Morgan fingerprint density at radius 2 is 2.05 bits per heavy atom. The van der Waals surface area contributed by atoms with Crippen LogP contribution in [0.25, 0.3) is 0 Å². The van der Waals surface area contributed by atoms with Gasteiger partial charge in [-0.15, -0.1) is 0 Å². The van der Waals surface area contributed by atoms with Crippen molar-refractivity contribution in [1.29, 1.82) is 0 Å². The summed E-state index contributed by atoms with van der Waals surface area (Å²) in [5.74, 6) is 0. The Morgan fingerprint density at radius 3 is 2.57 bits per heavy atom. The molecule has 0 amide bonds. The third-order valence-electron chi connectivity index (χ3n) is 3.97. The maximum atomic E-state index is 6.29. The SMILES string of the molecule is CCC(C(N)=S)N1CCN(Cc2ccc(Br)cc2Cl)CC1. The zero-order valence-corrected chi connectivity index (χ0v) is 15.3. The molecule has 0 aromatic heterocycles. The molecule has 1 aromatic rings. The molecule has 0 spiro atoms. The lowest BCUT2D eigenvalue weighted by Gasteiger charge is -2.38. The molecule has 0 saturated carbocycles. The van der Waals surface area contributed by atoms with Crippen molar-refractivity contribution in [2.45, 2.75) is 25.9 Å². The lowest BCUT2D eigenvalue weighted by Crippen LogP contribution is -2.53. The molecule has 1 saturated heterocycles. The van der Waals surface area contributed by atoms with E-state index in [4.69, 9.17) is 29.6 Å². The van der Waals surface area contributed by atoms with Gasteiger partial charge in [-0.3, -0.25) is 9.80 Å². The molecule has 1 fully saturated rings. The van der Waals surface area contributed by atoms with Gasteiger partial charge >= 0.3 is 0 Å². The van der Waals surface area contributed by atoms with Gasteiger partial charge < -0.3 is 5.73 Å². The van der Waals surface area contributed by atoms with E-state index in [-0.39, 0.29) is 6.04 Å². The van der Waals surface area contributed by atoms with Gasteiger partial charge in [0.05, 0.1) is 11.0 Å². The fourth-order valence-electron chi connectivity index (χ4n) is 2.76. The molecule has 0 radical (unpaired) electrons. The fraction of sp³-hybridized carbons (Fsp3) is 0.533. The van der Waals surface area contributed by atoms with Crippen LogP contribution in [-0.2, 0) is 6.54 Å². The maximum absolute atomic E-state index is 6.29. The van der Waals surface area contributed by atoms with Gasteiger partial charge in [-0.2, -0.15) is 0 Å². The van der Waals surface area contributed by atoms with Crippen molar-refractivity contribution in [3.63, 3.8) is 0 Å². The largest absolute Gasteiger partial charge is 0.392 e. The van der Waals surface area contributed by atoms with Gasteiger partial charge in [-0.1, -0.05) is 52.7 Å². The molecular formula is C15H21BrClN3S. The van der Waals surface area contributed by atoms with Crippen LogP contribution in [-0.4, -0.2) is 47.0 Å². The lowest BCUT2D eigenvalue weighted by molar-refractivity contribution is 0.112. The summed E-state index contributed by atoms with van der Waals surface area (Å²) in [6.45, 7) is 7.08. The van der Waals surface area contributed by atoms with Crippen molar-refractivity contribution in [2.24, 2.45) is 5.73 Å². The van der Waals surface area contributed by atoms with Gasteiger partial charge in [-0.05, 0) is 24.1 Å². The highest BCUT2D eigenvalue weighted by Crippen LogP contribution is 2.23. The average Bonchev–Trinajstić information content (AvgIpc) is 2.44. The first-order chi connectivity index (χ1) is 10.0. The van der Waals surface area contributed by atoms with Crippen molar-refractivity contribution < 1.29 is 0 Å². The summed E-state index contributed by atoms with van der Waals surface area (Å²) in [4.78, 5) is 5.43. The van der Waals surface area contributed by atoms with Gasteiger partial charge in [0, 0.05) is 42.2 Å². The van der Waals surface area contributed by atoms with Crippen LogP contribution in [0, 0.1) is 0 Å². The van der Waals surface area contributed by atoms with Gasteiger partial charge in [0.2, 0.25) is 0 Å². The van der Waals surface area contributed by atoms with E-state index in [1.54, 1.807) is 0 Å². The van der Waals surface area contributed by atoms with Gasteiger partial charge in [0.15, 0.2) is 0 Å². The van der Waals surface area contributed by atoms with Crippen molar-refractivity contribution in [2.75, 3.05) is 26.2 Å². The topological polar surface area (TPSA) is 32.5 Å². The molecule has 3 nitrogen and oxygen atoms in total. The Labute approximate surface area is 145 Å². The molecule has 0 bridgehead atoms. The molecule has 1 unspecified atom stereocenters. The van der Waals surface area contributed by atoms with Crippen LogP contribution < -0.4 is 5.73 Å². The normalized spacial score (nSPS) is 18.6. The Hall–Kier alpha value is -0.200. The number of halogens is 2. The number of benzene rings is 1. The molecule has 1 aromatic carbocycles. The maximum Gasteiger partial charge on any atom is 0.0901 e. The smallest absolute Gasteiger partial charge is 0.0901 e. The Kier molecular flexibility index (Phi) is 6.44. The summed E-state index contributed by atoms with van der Waals surface area (Å²) in [5.41, 5.74) is 7.00. The molecule has 6 heteroatoms. The van der Waals surface area contributed by atoms with Crippen LogP contribution in [0.5, 0.6) is 0 Å². The fourth-order valence-corrected chi connectivity index (χ4v) is 3.81. The van der Waals surface area contributed by atoms with Crippen molar-refractivity contribution in [3.8, 4) is 0 Å². The van der Waals surface area contributed by atoms with E-state index in [9.17, 15) is 0 Å². The molecular weight excluding hydrogens is 370 g/mol. The van der Waals surface area contributed by atoms with Crippen LogP contribution in [0.4, 0.5) is 0 Å². The highest BCUT2D eigenvalue weighted by molar-refractivity contribution is 9.10. The molecule has 2 N–H and O–H groups in total.